The minimum absolute atomic E-state index is 0.199. The van der Waals surface area contributed by atoms with Gasteiger partial charge in [-0.15, -0.1) is 11.3 Å². The molecule has 0 radical (unpaired) electrons. The Morgan fingerprint density at radius 3 is 2.88 bits per heavy atom. The van der Waals surface area contributed by atoms with Crippen molar-refractivity contribution in [2.24, 2.45) is 5.10 Å². The zero-order chi connectivity index (χ0) is 17.6. The second-order valence-corrected chi connectivity index (χ2v) is 6.57. The zero-order valence-electron chi connectivity index (χ0n) is 14.3. The number of hydrogen-bond acceptors (Lipinski definition) is 4. The minimum atomic E-state index is -0.199. The standard InChI is InChI=1S/C20H20N2O2S/c1-3-11-24-16-8-6-7-15(12-16)14(2)21-22-20(23)18-13-25-19-10-5-4-9-17(18)19/h4-10,12-13H,3,11H2,1-2H3,(H,22,23)/b21-14+. The molecule has 0 saturated carbocycles. The van der Waals surface area contributed by atoms with Crippen LogP contribution in [0.2, 0.25) is 0 Å². The summed E-state index contributed by atoms with van der Waals surface area (Å²) < 4.78 is 6.73. The number of amides is 1. The Kier molecular flexibility index (Phi) is 5.46. The lowest BCUT2D eigenvalue weighted by Crippen LogP contribution is -2.19. The molecule has 0 spiro atoms. The molecule has 0 atom stereocenters. The van der Waals surface area contributed by atoms with Crippen LogP contribution in [-0.2, 0) is 0 Å². The Morgan fingerprint density at radius 1 is 1.20 bits per heavy atom. The molecular formula is C20H20N2O2S. The van der Waals surface area contributed by atoms with Crippen LogP contribution in [-0.4, -0.2) is 18.2 Å². The van der Waals surface area contributed by atoms with E-state index in [2.05, 4.69) is 17.5 Å². The van der Waals surface area contributed by atoms with Gasteiger partial charge in [-0.3, -0.25) is 4.79 Å². The van der Waals surface area contributed by atoms with Gasteiger partial charge in [-0.25, -0.2) is 5.43 Å². The number of rotatable bonds is 6. The molecule has 2 aromatic carbocycles. The predicted octanol–water partition coefficient (Wildman–Crippen LogP) is 4.84. The summed E-state index contributed by atoms with van der Waals surface area (Å²) >= 11 is 1.56. The number of carbonyl (C=O) groups is 1. The van der Waals surface area contributed by atoms with Crippen molar-refractivity contribution >= 4 is 33.0 Å². The van der Waals surface area contributed by atoms with E-state index in [1.807, 2.05) is 60.8 Å². The first-order valence-electron chi connectivity index (χ1n) is 8.23. The quantitative estimate of drug-likeness (QED) is 0.509. The Labute approximate surface area is 151 Å². The van der Waals surface area contributed by atoms with E-state index in [-0.39, 0.29) is 5.91 Å². The normalized spacial score (nSPS) is 11.5. The molecule has 0 aliphatic rings. The Bertz CT molecular complexity index is 915. The number of hydrogen-bond donors (Lipinski definition) is 1. The third-order valence-electron chi connectivity index (χ3n) is 3.78. The van der Waals surface area contributed by atoms with Crippen LogP contribution in [0.4, 0.5) is 0 Å². The van der Waals surface area contributed by atoms with Gasteiger partial charge in [-0.2, -0.15) is 5.10 Å². The van der Waals surface area contributed by atoms with Crippen LogP contribution in [0.15, 0.2) is 59.0 Å². The van der Waals surface area contributed by atoms with Gasteiger partial charge in [0.25, 0.3) is 5.91 Å². The van der Waals surface area contributed by atoms with Crippen molar-refractivity contribution in [1.29, 1.82) is 0 Å². The van der Waals surface area contributed by atoms with Gasteiger partial charge in [0.1, 0.15) is 5.75 Å². The molecule has 5 heteroatoms. The maximum Gasteiger partial charge on any atom is 0.272 e. The van der Waals surface area contributed by atoms with E-state index in [0.29, 0.717) is 12.2 Å². The van der Waals surface area contributed by atoms with Crippen LogP contribution in [0.1, 0.15) is 36.2 Å². The summed E-state index contributed by atoms with van der Waals surface area (Å²) in [5.74, 6) is 0.610. The molecule has 0 aliphatic carbocycles. The van der Waals surface area contributed by atoms with E-state index in [1.165, 1.54) is 0 Å². The number of carbonyl (C=O) groups excluding carboxylic acids is 1. The highest BCUT2D eigenvalue weighted by molar-refractivity contribution is 7.17. The lowest BCUT2D eigenvalue weighted by atomic mass is 10.1. The molecule has 1 aromatic heterocycles. The summed E-state index contributed by atoms with van der Waals surface area (Å²) in [6.45, 7) is 4.62. The molecule has 3 aromatic rings. The first-order valence-corrected chi connectivity index (χ1v) is 9.11. The van der Waals surface area contributed by atoms with E-state index in [9.17, 15) is 4.79 Å². The molecule has 0 aliphatic heterocycles. The summed E-state index contributed by atoms with van der Waals surface area (Å²) in [5.41, 5.74) is 4.95. The van der Waals surface area contributed by atoms with Gasteiger partial charge in [0.15, 0.2) is 0 Å². The summed E-state index contributed by atoms with van der Waals surface area (Å²) in [6, 6.07) is 15.6. The van der Waals surface area contributed by atoms with Gasteiger partial charge in [0.2, 0.25) is 0 Å². The van der Waals surface area contributed by atoms with Crippen LogP contribution in [0, 0.1) is 0 Å². The van der Waals surface area contributed by atoms with Crippen molar-refractivity contribution in [2.75, 3.05) is 6.61 Å². The lowest BCUT2D eigenvalue weighted by molar-refractivity contribution is 0.0957. The van der Waals surface area contributed by atoms with Crippen molar-refractivity contribution < 1.29 is 9.53 Å². The van der Waals surface area contributed by atoms with Crippen LogP contribution < -0.4 is 10.2 Å². The summed E-state index contributed by atoms with van der Waals surface area (Å²) in [7, 11) is 0. The van der Waals surface area contributed by atoms with E-state index in [1.54, 1.807) is 11.3 Å². The molecule has 0 fully saturated rings. The number of fused-ring (bicyclic) bond motifs is 1. The van der Waals surface area contributed by atoms with Crippen LogP contribution >= 0.6 is 11.3 Å². The van der Waals surface area contributed by atoms with Gasteiger partial charge >= 0.3 is 0 Å². The fraction of sp³-hybridized carbons (Fsp3) is 0.200. The smallest absolute Gasteiger partial charge is 0.272 e. The van der Waals surface area contributed by atoms with Crippen LogP contribution in [0.5, 0.6) is 5.75 Å². The van der Waals surface area contributed by atoms with Gasteiger partial charge in [0.05, 0.1) is 17.9 Å². The largest absolute Gasteiger partial charge is 0.494 e. The Morgan fingerprint density at radius 2 is 2.04 bits per heavy atom. The molecule has 0 saturated heterocycles. The molecule has 4 nitrogen and oxygen atoms in total. The zero-order valence-corrected chi connectivity index (χ0v) is 15.1. The highest BCUT2D eigenvalue weighted by Gasteiger charge is 2.11. The Hall–Kier alpha value is -2.66. The lowest BCUT2D eigenvalue weighted by Gasteiger charge is -2.07. The monoisotopic (exact) mass is 352 g/mol. The average molecular weight is 352 g/mol. The van der Waals surface area contributed by atoms with Crippen molar-refractivity contribution in [1.82, 2.24) is 5.43 Å². The SMILES string of the molecule is CCCOc1cccc(/C(C)=N/NC(=O)c2csc3ccccc23)c1. The number of nitrogens with zero attached hydrogens (tertiary/aromatic N) is 1. The fourth-order valence-electron chi connectivity index (χ4n) is 2.44. The van der Waals surface area contributed by atoms with E-state index in [4.69, 9.17) is 4.74 Å². The van der Waals surface area contributed by atoms with Gasteiger partial charge < -0.3 is 4.74 Å². The van der Waals surface area contributed by atoms with Crippen molar-refractivity contribution in [2.45, 2.75) is 20.3 Å². The fourth-order valence-corrected chi connectivity index (χ4v) is 3.38. The summed E-state index contributed by atoms with van der Waals surface area (Å²) in [6.07, 6.45) is 0.960. The minimum Gasteiger partial charge on any atom is -0.494 e. The molecule has 25 heavy (non-hydrogen) atoms. The predicted molar refractivity (Wildman–Crippen MR) is 104 cm³/mol. The summed E-state index contributed by atoms with van der Waals surface area (Å²) in [4.78, 5) is 12.4. The molecule has 1 N–H and O–H groups in total. The number of nitrogens with one attached hydrogen (secondary N) is 1. The molecule has 1 amide bonds. The molecule has 0 bridgehead atoms. The Balaban J connectivity index is 1.73. The first kappa shape index (κ1) is 17.2. The van der Waals surface area contributed by atoms with E-state index in [0.717, 1.165) is 33.5 Å². The molecule has 0 unspecified atom stereocenters. The molecular weight excluding hydrogens is 332 g/mol. The second-order valence-electron chi connectivity index (χ2n) is 5.66. The van der Waals surface area contributed by atoms with Gasteiger partial charge in [0, 0.05) is 21.0 Å². The molecule has 128 valence electrons. The third-order valence-corrected chi connectivity index (χ3v) is 4.74. The van der Waals surface area contributed by atoms with Gasteiger partial charge in [-0.1, -0.05) is 37.3 Å². The maximum absolute atomic E-state index is 12.4. The second kappa shape index (κ2) is 7.94. The molecule has 3 rings (SSSR count). The highest BCUT2D eigenvalue weighted by Crippen LogP contribution is 2.25. The number of hydrazone groups is 1. The van der Waals surface area contributed by atoms with Crippen molar-refractivity contribution in [3.63, 3.8) is 0 Å². The van der Waals surface area contributed by atoms with Crippen LogP contribution in [0.25, 0.3) is 10.1 Å². The highest BCUT2D eigenvalue weighted by atomic mass is 32.1. The van der Waals surface area contributed by atoms with Gasteiger partial charge in [-0.05, 0) is 31.5 Å². The number of ether oxygens (including phenoxy) is 1. The van der Waals surface area contributed by atoms with E-state index < -0.39 is 0 Å². The first-order chi connectivity index (χ1) is 12.2. The maximum atomic E-state index is 12.4. The van der Waals surface area contributed by atoms with Crippen LogP contribution in [0.3, 0.4) is 0 Å². The van der Waals surface area contributed by atoms with Crippen molar-refractivity contribution in [3.05, 3.63) is 65.0 Å². The number of thiophene rings is 1. The number of benzene rings is 2. The topological polar surface area (TPSA) is 50.7 Å². The van der Waals surface area contributed by atoms with Crippen molar-refractivity contribution in [3.8, 4) is 5.75 Å². The summed E-state index contributed by atoms with van der Waals surface area (Å²) in [5, 5.41) is 7.06. The van der Waals surface area contributed by atoms with E-state index >= 15 is 0 Å². The average Bonchev–Trinajstić information content (AvgIpc) is 3.08. The third kappa shape index (κ3) is 4.06. The molecule has 1 heterocycles.